The van der Waals surface area contributed by atoms with Gasteiger partial charge in [-0.1, -0.05) is 17.7 Å². The standard InChI is InChI=1S/C17H25N/c1-12-10-13(2)15(14(3)11-12)16-4-7-17(18,8-5-16)9-6-16/h10-11H,4-9,18H2,1-3H3. The maximum Gasteiger partial charge on any atom is 0.0155 e. The van der Waals surface area contributed by atoms with E-state index in [1.165, 1.54) is 55.2 Å². The summed E-state index contributed by atoms with van der Waals surface area (Å²) in [6.07, 6.45) is 7.57. The molecule has 0 spiro atoms. The Morgan fingerprint density at radius 2 is 1.28 bits per heavy atom. The highest BCUT2D eigenvalue weighted by Crippen LogP contribution is 2.54. The van der Waals surface area contributed by atoms with Crippen LogP contribution in [0, 0.1) is 20.8 Å². The van der Waals surface area contributed by atoms with Gasteiger partial charge in [0, 0.05) is 5.54 Å². The Labute approximate surface area is 111 Å². The first-order valence-corrected chi connectivity index (χ1v) is 7.31. The van der Waals surface area contributed by atoms with Gasteiger partial charge in [0.1, 0.15) is 0 Å². The first-order chi connectivity index (χ1) is 8.44. The minimum atomic E-state index is 0.175. The van der Waals surface area contributed by atoms with Crippen LogP contribution in [-0.2, 0) is 5.41 Å². The molecule has 98 valence electrons. The second-order valence-electron chi connectivity index (χ2n) is 6.92. The van der Waals surface area contributed by atoms with Gasteiger partial charge in [-0.05, 0) is 81.4 Å². The lowest BCUT2D eigenvalue weighted by Gasteiger charge is -2.53. The largest absolute Gasteiger partial charge is 0.325 e. The Balaban J connectivity index is 2.06. The number of hydrogen-bond donors (Lipinski definition) is 1. The number of hydrogen-bond acceptors (Lipinski definition) is 1. The van der Waals surface area contributed by atoms with E-state index in [4.69, 9.17) is 5.73 Å². The minimum Gasteiger partial charge on any atom is -0.325 e. The van der Waals surface area contributed by atoms with Crippen LogP contribution in [-0.4, -0.2) is 5.54 Å². The summed E-state index contributed by atoms with van der Waals surface area (Å²) in [7, 11) is 0. The number of aryl methyl sites for hydroxylation is 3. The molecule has 2 bridgehead atoms. The molecule has 0 saturated heterocycles. The van der Waals surface area contributed by atoms with E-state index >= 15 is 0 Å². The molecule has 0 amide bonds. The van der Waals surface area contributed by atoms with Gasteiger partial charge in [-0.2, -0.15) is 0 Å². The highest BCUT2D eigenvalue weighted by Gasteiger charge is 2.48. The molecule has 3 aliphatic rings. The summed E-state index contributed by atoms with van der Waals surface area (Å²) in [4.78, 5) is 0. The first kappa shape index (κ1) is 12.2. The summed E-state index contributed by atoms with van der Waals surface area (Å²) in [5.74, 6) is 0. The zero-order valence-corrected chi connectivity index (χ0v) is 12.0. The number of nitrogens with two attached hydrogens (primary N) is 1. The third kappa shape index (κ3) is 1.72. The molecule has 0 aliphatic heterocycles. The van der Waals surface area contributed by atoms with Gasteiger partial charge < -0.3 is 5.73 Å². The summed E-state index contributed by atoms with van der Waals surface area (Å²) in [5, 5.41) is 0. The fourth-order valence-corrected chi connectivity index (χ4v) is 4.61. The van der Waals surface area contributed by atoms with E-state index in [0.717, 1.165) is 0 Å². The lowest BCUT2D eigenvalue weighted by atomic mass is 9.54. The predicted molar refractivity (Wildman–Crippen MR) is 77.0 cm³/mol. The Bertz CT molecular complexity index is 439. The minimum absolute atomic E-state index is 0.175. The van der Waals surface area contributed by atoms with Crippen LogP contribution in [0.4, 0.5) is 0 Å². The van der Waals surface area contributed by atoms with Gasteiger partial charge in [0.05, 0.1) is 0 Å². The van der Waals surface area contributed by atoms with Gasteiger partial charge in [-0.3, -0.25) is 0 Å². The molecule has 1 heteroatoms. The molecule has 0 heterocycles. The second-order valence-corrected chi connectivity index (χ2v) is 6.92. The third-order valence-corrected chi connectivity index (χ3v) is 5.51. The third-order valence-electron chi connectivity index (χ3n) is 5.51. The van der Waals surface area contributed by atoms with Gasteiger partial charge in [0.2, 0.25) is 0 Å². The van der Waals surface area contributed by atoms with Gasteiger partial charge in [0.15, 0.2) is 0 Å². The van der Waals surface area contributed by atoms with Crippen molar-refractivity contribution in [2.45, 2.75) is 70.3 Å². The normalized spacial score (nSPS) is 34.9. The van der Waals surface area contributed by atoms with Gasteiger partial charge in [-0.15, -0.1) is 0 Å². The zero-order chi connectivity index (χ0) is 13.0. The monoisotopic (exact) mass is 243 g/mol. The van der Waals surface area contributed by atoms with Gasteiger partial charge in [0.25, 0.3) is 0 Å². The molecule has 0 radical (unpaired) electrons. The second kappa shape index (κ2) is 3.84. The van der Waals surface area contributed by atoms with Crippen molar-refractivity contribution in [3.05, 3.63) is 34.4 Å². The van der Waals surface area contributed by atoms with E-state index in [9.17, 15) is 0 Å². The molecule has 3 fully saturated rings. The molecule has 2 N–H and O–H groups in total. The topological polar surface area (TPSA) is 26.0 Å². The van der Waals surface area contributed by atoms with E-state index in [0.29, 0.717) is 5.41 Å². The molecule has 18 heavy (non-hydrogen) atoms. The van der Waals surface area contributed by atoms with Gasteiger partial charge >= 0.3 is 0 Å². The number of rotatable bonds is 1. The van der Waals surface area contributed by atoms with E-state index in [1.807, 2.05) is 0 Å². The van der Waals surface area contributed by atoms with Gasteiger partial charge in [-0.25, -0.2) is 0 Å². The molecule has 0 aromatic heterocycles. The van der Waals surface area contributed by atoms with Crippen LogP contribution in [0.1, 0.15) is 60.8 Å². The van der Waals surface area contributed by atoms with Crippen LogP contribution in [0.25, 0.3) is 0 Å². The van der Waals surface area contributed by atoms with Crippen molar-refractivity contribution in [1.29, 1.82) is 0 Å². The SMILES string of the molecule is Cc1cc(C)c(C23CCC(N)(CC2)CC3)c(C)c1. The number of benzene rings is 1. The summed E-state index contributed by atoms with van der Waals surface area (Å²) in [5.41, 5.74) is 13.1. The average Bonchev–Trinajstić information content (AvgIpc) is 2.29. The molecule has 0 unspecified atom stereocenters. The van der Waals surface area contributed by atoms with E-state index < -0.39 is 0 Å². The summed E-state index contributed by atoms with van der Waals surface area (Å²) in [6, 6.07) is 4.71. The maximum absolute atomic E-state index is 6.43. The molecule has 4 rings (SSSR count). The molecular weight excluding hydrogens is 218 g/mol. The Morgan fingerprint density at radius 1 is 0.833 bits per heavy atom. The van der Waals surface area contributed by atoms with Crippen molar-refractivity contribution in [1.82, 2.24) is 0 Å². The summed E-state index contributed by atoms with van der Waals surface area (Å²) in [6.45, 7) is 6.79. The van der Waals surface area contributed by atoms with E-state index in [2.05, 4.69) is 32.9 Å². The quantitative estimate of drug-likeness (QED) is 0.795. The molecule has 3 saturated carbocycles. The average molecular weight is 243 g/mol. The lowest BCUT2D eigenvalue weighted by Crippen LogP contribution is -2.53. The fraction of sp³-hybridized carbons (Fsp3) is 0.647. The van der Waals surface area contributed by atoms with E-state index in [1.54, 1.807) is 5.56 Å². The molecule has 1 aromatic rings. The Kier molecular flexibility index (Phi) is 2.60. The van der Waals surface area contributed by atoms with Crippen LogP contribution < -0.4 is 5.73 Å². The summed E-state index contributed by atoms with van der Waals surface area (Å²) >= 11 is 0. The van der Waals surface area contributed by atoms with Crippen LogP contribution in [0.15, 0.2) is 12.1 Å². The van der Waals surface area contributed by atoms with Crippen molar-refractivity contribution < 1.29 is 0 Å². The van der Waals surface area contributed by atoms with Crippen molar-refractivity contribution in [2.24, 2.45) is 5.73 Å². The molecule has 3 aliphatic carbocycles. The Morgan fingerprint density at radius 3 is 1.72 bits per heavy atom. The zero-order valence-electron chi connectivity index (χ0n) is 12.0. The molecule has 0 atom stereocenters. The molecule has 1 nitrogen and oxygen atoms in total. The van der Waals surface area contributed by atoms with Crippen molar-refractivity contribution in [2.75, 3.05) is 0 Å². The van der Waals surface area contributed by atoms with Crippen molar-refractivity contribution in [3.63, 3.8) is 0 Å². The highest BCUT2D eigenvalue weighted by atomic mass is 14.8. The summed E-state index contributed by atoms with van der Waals surface area (Å²) < 4.78 is 0. The fourth-order valence-electron chi connectivity index (χ4n) is 4.61. The van der Waals surface area contributed by atoms with Crippen molar-refractivity contribution in [3.8, 4) is 0 Å². The van der Waals surface area contributed by atoms with Crippen LogP contribution in [0.5, 0.6) is 0 Å². The van der Waals surface area contributed by atoms with Crippen LogP contribution in [0.2, 0.25) is 0 Å². The van der Waals surface area contributed by atoms with E-state index in [-0.39, 0.29) is 5.54 Å². The molecular formula is C17H25N. The first-order valence-electron chi connectivity index (χ1n) is 7.31. The van der Waals surface area contributed by atoms with Crippen molar-refractivity contribution >= 4 is 0 Å². The van der Waals surface area contributed by atoms with Crippen LogP contribution >= 0.6 is 0 Å². The van der Waals surface area contributed by atoms with Crippen LogP contribution in [0.3, 0.4) is 0 Å². The number of fused-ring (bicyclic) bond motifs is 3. The smallest absolute Gasteiger partial charge is 0.0155 e. The Hall–Kier alpha value is -0.820. The highest BCUT2D eigenvalue weighted by molar-refractivity contribution is 5.44. The predicted octanol–water partition coefficient (Wildman–Crippen LogP) is 3.91. The maximum atomic E-state index is 6.43. The lowest BCUT2D eigenvalue weighted by molar-refractivity contribution is 0.106. The molecule has 1 aromatic carbocycles.